The lowest BCUT2D eigenvalue weighted by Crippen LogP contribution is -2.46. The fourth-order valence-electron chi connectivity index (χ4n) is 2.73. The van der Waals surface area contributed by atoms with Gasteiger partial charge in [-0.2, -0.15) is 0 Å². The second kappa shape index (κ2) is 9.93. The molecular weight excluding hydrogens is 372 g/mol. The standard InChI is InChI=1S/C22H28N2O5/c1-22(2,14-25)24-21(27)12-15-5-8-17(9-6-15)23-20(26)13-16-7-10-18(28-3)19(11-16)29-4/h5-11,25H,12-14H2,1-4H3,(H,23,26)(H,24,27). The lowest BCUT2D eigenvalue weighted by atomic mass is 10.1. The second-order valence-electron chi connectivity index (χ2n) is 7.38. The van der Waals surface area contributed by atoms with E-state index in [1.807, 2.05) is 6.07 Å². The van der Waals surface area contributed by atoms with Gasteiger partial charge in [-0.05, 0) is 49.2 Å². The SMILES string of the molecule is COc1ccc(CC(=O)Nc2ccc(CC(=O)NC(C)(C)CO)cc2)cc1OC. The molecule has 7 nitrogen and oxygen atoms in total. The van der Waals surface area contributed by atoms with Gasteiger partial charge < -0.3 is 25.2 Å². The van der Waals surface area contributed by atoms with Crippen molar-refractivity contribution in [2.75, 3.05) is 26.1 Å². The van der Waals surface area contributed by atoms with Crippen molar-refractivity contribution in [3.05, 3.63) is 53.6 Å². The lowest BCUT2D eigenvalue weighted by Gasteiger charge is -2.23. The maximum atomic E-state index is 12.3. The molecular formula is C22H28N2O5. The molecule has 0 fully saturated rings. The molecule has 2 rings (SSSR count). The van der Waals surface area contributed by atoms with E-state index in [1.54, 1.807) is 64.5 Å². The summed E-state index contributed by atoms with van der Waals surface area (Å²) in [4.78, 5) is 24.4. The predicted octanol–water partition coefficient (Wildman–Crippen LogP) is 2.31. The third-order valence-corrected chi connectivity index (χ3v) is 4.29. The molecule has 29 heavy (non-hydrogen) atoms. The van der Waals surface area contributed by atoms with Gasteiger partial charge in [0.15, 0.2) is 11.5 Å². The van der Waals surface area contributed by atoms with Crippen LogP contribution in [0.25, 0.3) is 0 Å². The van der Waals surface area contributed by atoms with Crippen molar-refractivity contribution in [3.63, 3.8) is 0 Å². The van der Waals surface area contributed by atoms with Crippen molar-refractivity contribution < 1.29 is 24.2 Å². The highest BCUT2D eigenvalue weighted by molar-refractivity contribution is 5.92. The third kappa shape index (κ3) is 6.80. The van der Waals surface area contributed by atoms with Crippen LogP contribution in [-0.4, -0.2) is 43.3 Å². The van der Waals surface area contributed by atoms with Crippen LogP contribution >= 0.6 is 0 Å². The largest absolute Gasteiger partial charge is 0.493 e. The highest BCUT2D eigenvalue weighted by Gasteiger charge is 2.19. The second-order valence-corrected chi connectivity index (χ2v) is 7.38. The Balaban J connectivity index is 1.92. The maximum Gasteiger partial charge on any atom is 0.228 e. The zero-order valence-corrected chi connectivity index (χ0v) is 17.2. The average molecular weight is 400 g/mol. The van der Waals surface area contributed by atoms with Crippen molar-refractivity contribution in [2.24, 2.45) is 0 Å². The summed E-state index contributed by atoms with van der Waals surface area (Å²) in [6, 6.07) is 12.4. The Morgan fingerprint density at radius 1 is 0.897 bits per heavy atom. The van der Waals surface area contributed by atoms with E-state index < -0.39 is 5.54 Å². The van der Waals surface area contributed by atoms with Gasteiger partial charge in [-0.3, -0.25) is 9.59 Å². The molecule has 0 unspecified atom stereocenters. The molecule has 0 aliphatic heterocycles. The van der Waals surface area contributed by atoms with Gasteiger partial charge in [-0.25, -0.2) is 0 Å². The van der Waals surface area contributed by atoms with Crippen LogP contribution in [0.2, 0.25) is 0 Å². The van der Waals surface area contributed by atoms with E-state index in [0.717, 1.165) is 11.1 Å². The lowest BCUT2D eigenvalue weighted by molar-refractivity contribution is -0.122. The molecule has 3 N–H and O–H groups in total. The number of aliphatic hydroxyl groups is 1. The highest BCUT2D eigenvalue weighted by Crippen LogP contribution is 2.27. The molecule has 2 aromatic rings. The smallest absolute Gasteiger partial charge is 0.228 e. The number of nitrogens with one attached hydrogen (secondary N) is 2. The Labute approximate surface area is 171 Å². The number of rotatable bonds is 9. The van der Waals surface area contributed by atoms with Crippen molar-refractivity contribution in [1.29, 1.82) is 0 Å². The molecule has 0 saturated carbocycles. The van der Waals surface area contributed by atoms with Gasteiger partial charge in [0.25, 0.3) is 0 Å². The summed E-state index contributed by atoms with van der Waals surface area (Å²) in [5.74, 6) is 0.852. The quantitative estimate of drug-likeness (QED) is 0.600. The molecule has 0 bridgehead atoms. The van der Waals surface area contributed by atoms with E-state index in [1.165, 1.54) is 0 Å². The van der Waals surface area contributed by atoms with Gasteiger partial charge in [0.2, 0.25) is 11.8 Å². The number of anilines is 1. The normalized spacial score (nSPS) is 10.9. The Bertz CT molecular complexity index is 847. The highest BCUT2D eigenvalue weighted by atomic mass is 16.5. The molecule has 2 amide bonds. The molecule has 0 spiro atoms. The number of hydrogen-bond acceptors (Lipinski definition) is 5. The Morgan fingerprint density at radius 2 is 1.48 bits per heavy atom. The van der Waals surface area contributed by atoms with Crippen LogP contribution in [0.4, 0.5) is 5.69 Å². The first-order valence-electron chi connectivity index (χ1n) is 9.28. The van der Waals surface area contributed by atoms with Gasteiger partial charge in [0.05, 0.1) is 39.2 Å². The predicted molar refractivity (Wildman–Crippen MR) is 111 cm³/mol. The summed E-state index contributed by atoms with van der Waals surface area (Å²) in [5, 5.41) is 14.8. The number of ether oxygens (including phenoxy) is 2. The molecule has 0 aromatic heterocycles. The maximum absolute atomic E-state index is 12.3. The van der Waals surface area contributed by atoms with Crippen LogP contribution in [0.5, 0.6) is 11.5 Å². The molecule has 0 aliphatic rings. The molecule has 0 aliphatic carbocycles. The van der Waals surface area contributed by atoms with E-state index in [2.05, 4.69) is 10.6 Å². The first kappa shape index (κ1) is 22.2. The minimum Gasteiger partial charge on any atom is -0.493 e. The van der Waals surface area contributed by atoms with Crippen LogP contribution in [0, 0.1) is 0 Å². The zero-order chi connectivity index (χ0) is 21.4. The van der Waals surface area contributed by atoms with Crippen molar-refractivity contribution in [1.82, 2.24) is 5.32 Å². The van der Waals surface area contributed by atoms with Crippen LogP contribution in [-0.2, 0) is 22.4 Å². The number of carbonyl (C=O) groups is 2. The first-order chi connectivity index (χ1) is 13.8. The van der Waals surface area contributed by atoms with Crippen LogP contribution < -0.4 is 20.1 Å². The van der Waals surface area contributed by atoms with Gasteiger partial charge in [0, 0.05) is 5.69 Å². The third-order valence-electron chi connectivity index (χ3n) is 4.29. The van der Waals surface area contributed by atoms with E-state index in [4.69, 9.17) is 9.47 Å². The summed E-state index contributed by atoms with van der Waals surface area (Å²) in [7, 11) is 3.11. The van der Waals surface area contributed by atoms with Gasteiger partial charge >= 0.3 is 0 Å². The fourth-order valence-corrected chi connectivity index (χ4v) is 2.73. The summed E-state index contributed by atoms with van der Waals surface area (Å²) >= 11 is 0. The minimum atomic E-state index is -0.658. The molecule has 7 heteroatoms. The van der Waals surface area contributed by atoms with E-state index >= 15 is 0 Å². The summed E-state index contributed by atoms with van der Waals surface area (Å²) in [5.41, 5.74) is 1.61. The van der Waals surface area contributed by atoms with Crippen molar-refractivity contribution >= 4 is 17.5 Å². The number of aliphatic hydroxyl groups excluding tert-OH is 1. The van der Waals surface area contributed by atoms with Gasteiger partial charge in [-0.1, -0.05) is 18.2 Å². The summed E-state index contributed by atoms with van der Waals surface area (Å²) in [6.07, 6.45) is 0.393. The van der Waals surface area contributed by atoms with Gasteiger partial charge in [-0.15, -0.1) is 0 Å². The van der Waals surface area contributed by atoms with E-state index in [9.17, 15) is 14.7 Å². The number of benzene rings is 2. The fraction of sp³-hybridized carbons (Fsp3) is 0.364. The van der Waals surface area contributed by atoms with Crippen molar-refractivity contribution in [3.8, 4) is 11.5 Å². The number of hydrogen-bond donors (Lipinski definition) is 3. The molecule has 0 saturated heterocycles. The van der Waals surface area contributed by atoms with Crippen LogP contribution in [0.15, 0.2) is 42.5 Å². The molecule has 0 radical (unpaired) electrons. The Morgan fingerprint density at radius 3 is 2.07 bits per heavy atom. The number of carbonyl (C=O) groups excluding carboxylic acids is 2. The molecule has 2 aromatic carbocycles. The summed E-state index contributed by atoms with van der Waals surface area (Å²) in [6.45, 7) is 3.37. The average Bonchev–Trinajstić information content (AvgIpc) is 2.68. The number of amides is 2. The number of methoxy groups -OCH3 is 2. The van der Waals surface area contributed by atoms with E-state index in [0.29, 0.717) is 17.2 Å². The Hall–Kier alpha value is -3.06. The Kier molecular flexibility index (Phi) is 7.61. The molecule has 0 heterocycles. The topological polar surface area (TPSA) is 96.9 Å². The van der Waals surface area contributed by atoms with Crippen molar-refractivity contribution in [2.45, 2.75) is 32.2 Å². The zero-order valence-electron chi connectivity index (χ0n) is 17.2. The van der Waals surface area contributed by atoms with Crippen LogP contribution in [0.3, 0.4) is 0 Å². The summed E-state index contributed by atoms with van der Waals surface area (Å²) < 4.78 is 10.5. The first-order valence-corrected chi connectivity index (χ1v) is 9.28. The molecule has 0 atom stereocenters. The van der Waals surface area contributed by atoms with E-state index in [-0.39, 0.29) is 31.3 Å². The molecule has 156 valence electrons. The monoisotopic (exact) mass is 400 g/mol. The van der Waals surface area contributed by atoms with Gasteiger partial charge in [0.1, 0.15) is 0 Å². The van der Waals surface area contributed by atoms with Crippen LogP contribution in [0.1, 0.15) is 25.0 Å². The minimum absolute atomic E-state index is 0.135.